The summed E-state index contributed by atoms with van der Waals surface area (Å²) in [5, 5.41) is 9.77. The first kappa shape index (κ1) is 20.9. The SMILES string of the molecule is CCC1CCc2sc(-c3nnc(SCc4cccc(OCC(N)=O)c4)n3C)cc2C1. The fraction of sp³-hybridized carbons (Fsp3) is 0.409. The zero-order valence-electron chi connectivity index (χ0n) is 17.3. The maximum absolute atomic E-state index is 10.9. The first-order chi connectivity index (χ1) is 14.5. The average Bonchev–Trinajstić information content (AvgIpc) is 3.33. The lowest BCUT2D eigenvalue weighted by Crippen LogP contribution is -2.20. The van der Waals surface area contributed by atoms with E-state index in [-0.39, 0.29) is 6.61 Å². The summed E-state index contributed by atoms with van der Waals surface area (Å²) in [6, 6.07) is 10.00. The zero-order valence-corrected chi connectivity index (χ0v) is 18.9. The van der Waals surface area contributed by atoms with Crippen LogP contribution in [0, 0.1) is 5.92 Å². The molecule has 2 aromatic heterocycles. The number of thiophene rings is 1. The quantitative estimate of drug-likeness (QED) is 0.528. The predicted molar refractivity (Wildman–Crippen MR) is 121 cm³/mol. The minimum Gasteiger partial charge on any atom is -0.484 e. The van der Waals surface area contributed by atoms with E-state index < -0.39 is 5.91 Å². The second kappa shape index (κ2) is 9.22. The van der Waals surface area contributed by atoms with Gasteiger partial charge in [0.15, 0.2) is 17.6 Å². The number of amides is 1. The first-order valence-electron chi connectivity index (χ1n) is 10.2. The Hall–Kier alpha value is -2.32. The molecule has 0 saturated carbocycles. The van der Waals surface area contributed by atoms with E-state index in [0.29, 0.717) is 5.75 Å². The fourth-order valence-corrected chi connectivity index (χ4v) is 5.82. The predicted octanol–water partition coefficient (Wildman–Crippen LogP) is 4.21. The number of thioether (sulfide) groups is 1. The molecule has 30 heavy (non-hydrogen) atoms. The van der Waals surface area contributed by atoms with Crippen molar-refractivity contribution in [3.05, 3.63) is 46.3 Å². The second-order valence-corrected chi connectivity index (χ2v) is 9.71. The van der Waals surface area contributed by atoms with Gasteiger partial charge in [0.2, 0.25) is 0 Å². The number of ether oxygens (including phenoxy) is 1. The van der Waals surface area contributed by atoms with Crippen molar-refractivity contribution in [3.8, 4) is 16.5 Å². The summed E-state index contributed by atoms with van der Waals surface area (Å²) in [6.45, 7) is 2.17. The van der Waals surface area contributed by atoms with Crippen LogP contribution < -0.4 is 10.5 Å². The van der Waals surface area contributed by atoms with Crippen LogP contribution in [-0.2, 0) is 30.4 Å². The number of carbonyl (C=O) groups excluding carboxylic acids is 1. The van der Waals surface area contributed by atoms with E-state index in [2.05, 4.69) is 27.8 Å². The molecule has 0 aliphatic heterocycles. The Balaban J connectivity index is 1.44. The van der Waals surface area contributed by atoms with Gasteiger partial charge in [-0.1, -0.05) is 37.2 Å². The van der Waals surface area contributed by atoms with Gasteiger partial charge in [0.05, 0.1) is 4.88 Å². The average molecular weight is 443 g/mol. The molecule has 2 N–H and O–H groups in total. The molecule has 1 aliphatic carbocycles. The molecule has 0 radical (unpaired) electrons. The highest BCUT2D eigenvalue weighted by Crippen LogP contribution is 2.38. The number of nitrogens with two attached hydrogens (primary N) is 1. The summed E-state index contributed by atoms with van der Waals surface area (Å²) < 4.78 is 7.46. The van der Waals surface area contributed by atoms with Crippen LogP contribution in [0.25, 0.3) is 10.7 Å². The van der Waals surface area contributed by atoms with Gasteiger partial charge >= 0.3 is 0 Å². The largest absolute Gasteiger partial charge is 0.484 e. The Labute approximate surface area is 184 Å². The number of aromatic nitrogens is 3. The van der Waals surface area contributed by atoms with Crippen molar-refractivity contribution in [2.45, 2.75) is 43.5 Å². The standard InChI is InChI=1S/C22H26N4O2S2/c1-3-14-7-8-18-16(9-14)11-19(30-18)21-24-25-22(26(21)2)29-13-15-5-4-6-17(10-15)28-12-20(23)27/h4-6,10-11,14H,3,7-9,12-13H2,1-2H3,(H2,23,27). The minimum absolute atomic E-state index is 0.118. The molecule has 1 aromatic carbocycles. The van der Waals surface area contributed by atoms with Crippen LogP contribution >= 0.6 is 23.1 Å². The van der Waals surface area contributed by atoms with Crippen LogP contribution in [0.15, 0.2) is 35.5 Å². The number of carbonyl (C=O) groups is 1. The summed E-state index contributed by atoms with van der Waals surface area (Å²) >= 11 is 3.50. The Morgan fingerprint density at radius 1 is 1.37 bits per heavy atom. The molecule has 1 atom stereocenters. The fourth-order valence-electron chi connectivity index (χ4n) is 3.74. The topological polar surface area (TPSA) is 83.0 Å². The number of rotatable bonds is 8. The molecule has 158 valence electrons. The summed E-state index contributed by atoms with van der Waals surface area (Å²) in [5.74, 6) is 2.64. The van der Waals surface area contributed by atoms with Gasteiger partial charge in [0.25, 0.3) is 5.91 Å². The molecule has 1 amide bonds. The molecule has 0 fully saturated rings. The number of nitrogens with zero attached hydrogens (tertiary/aromatic N) is 3. The van der Waals surface area contributed by atoms with Gasteiger partial charge in [0, 0.05) is 17.7 Å². The number of fused-ring (bicyclic) bond motifs is 1. The smallest absolute Gasteiger partial charge is 0.255 e. The normalized spacial score (nSPS) is 15.7. The summed E-state index contributed by atoms with van der Waals surface area (Å²) in [5.41, 5.74) is 7.73. The van der Waals surface area contributed by atoms with Gasteiger partial charge in [-0.15, -0.1) is 21.5 Å². The highest BCUT2D eigenvalue weighted by atomic mass is 32.2. The van der Waals surface area contributed by atoms with E-state index in [1.807, 2.05) is 42.6 Å². The van der Waals surface area contributed by atoms with E-state index in [9.17, 15) is 4.79 Å². The highest BCUT2D eigenvalue weighted by molar-refractivity contribution is 7.98. The molecule has 8 heteroatoms. The molecular formula is C22H26N4O2S2. The van der Waals surface area contributed by atoms with Gasteiger partial charge in [-0.05, 0) is 54.5 Å². The van der Waals surface area contributed by atoms with Gasteiger partial charge in [0.1, 0.15) is 5.75 Å². The van der Waals surface area contributed by atoms with Crippen LogP contribution in [-0.4, -0.2) is 27.3 Å². The molecule has 3 aromatic rings. The third-order valence-corrected chi connectivity index (χ3v) is 7.79. The summed E-state index contributed by atoms with van der Waals surface area (Å²) in [7, 11) is 2.03. The Morgan fingerprint density at radius 3 is 3.03 bits per heavy atom. The molecule has 1 aliphatic rings. The van der Waals surface area contributed by atoms with Crippen LogP contribution in [0.3, 0.4) is 0 Å². The molecule has 0 bridgehead atoms. The van der Waals surface area contributed by atoms with Crippen LogP contribution in [0.5, 0.6) is 5.75 Å². The molecule has 0 saturated heterocycles. The second-order valence-electron chi connectivity index (χ2n) is 7.63. The monoisotopic (exact) mass is 442 g/mol. The van der Waals surface area contributed by atoms with Gasteiger partial charge in [-0.2, -0.15) is 0 Å². The van der Waals surface area contributed by atoms with Crippen molar-refractivity contribution in [3.63, 3.8) is 0 Å². The van der Waals surface area contributed by atoms with Crippen LogP contribution in [0.1, 0.15) is 35.8 Å². The minimum atomic E-state index is -0.484. The number of hydrogen-bond acceptors (Lipinski definition) is 6. The Kier molecular flexibility index (Phi) is 6.43. The molecule has 2 heterocycles. The molecule has 0 spiro atoms. The van der Waals surface area contributed by atoms with Crippen molar-refractivity contribution in [1.82, 2.24) is 14.8 Å². The van der Waals surface area contributed by atoms with Gasteiger partial charge in [-0.3, -0.25) is 4.79 Å². The van der Waals surface area contributed by atoms with Crippen LogP contribution in [0.2, 0.25) is 0 Å². The number of benzene rings is 1. The zero-order chi connectivity index (χ0) is 21.1. The maximum Gasteiger partial charge on any atom is 0.255 e. The number of hydrogen-bond donors (Lipinski definition) is 1. The van der Waals surface area contributed by atoms with Crippen molar-refractivity contribution >= 4 is 29.0 Å². The van der Waals surface area contributed by atoms with Crippen molar-refractivity contribution in [2.24, 2.45) is 18.7 Å². The summed E-state index contributed by atoms with van der Waals surface area (Å²) in [4.78, 5) is 13.6. The van der Waals surface area contributed by atoms with Gasteiger partial charge < -0.3 is 15.0 Å². The van der Waals surface area contributed by atoms with Crippen molar-refractivity contribution in [1.29, 1.82) is 0 Å². The molecule has 6 nitrogen and oxygen atoms in total. The van der Waals surface area contributed by atoms with E-state index in [4.69, 9.17) is 10.5 Å². The lowest BCUT2D eigenvalue weighted by Gasteiger charge is -2.19. The van der Waals surface area contributed by atoms with Crippen molar-refractivity contribution in [2.75, 3.05) is 6.61 Å². The number of primary amides is 1. The molecule has 1 unspecified atom stereocenters. The molecule has 4 rings (SSSR count). The lowest BCUT2D eigenvalue weighted by atomic mass is 9.87. The van der Waals surface area contributed by atoms with E-state index in [1.54, 1.807) is 11.8 Å². The Bertz CT molecular complexity index is 1040. The third-order valence-electron chi connectivity index (χ3n) is 5.46. The van der Waals surface area contributed by atoms with Gasteiger partial charge in [-0.25, -0.2) is 0 Å². The van der Waals surface area contributed by atoms with Crippen LogP contribution in [0.4, 0.5) is 0 Å². The Morgan fingerprint density at radius 2 is 2.23 bits per heavy atom. The number of aryl methyl sites for hydroxylation is 1. The maximum atomic E-state index is 10.9. The summed E-state index contributed by atoms with van der Waals surface area (Å²) in [6.07, 6.45) is 4.93. The van der Waals surface area contributed by atoms with E-state index in [0.717, 1.165) is 28.2 Å². The van der Waals surface area contributed by atoms with E-state index in [1.165, 1.54) is 41.0 Å². The van der Waals surface area contributed by atoms with E-state index >= 15 is 0 Å². The first-order valence-corrected chi connectivity index (χ1v) is 12.0. The van der Waals surface area contributed by atoms with Crippen molar-refractivity contribution < 1.29 is 9.53 Å². The third kappa shape index (κ3) is 4.70. The molecular weight excluding hydrogens is 416 g/mol. The lowest BCUT2D eigenvalue weighted by molar-refractivity contribution is -0.119. The highest BCUT2D eigenvalue weighted by Gasteiger charge is 2.22.